The van der Waals surface area contributed by atoms with E-state index in [9.17, 15) is 14.7 Å². The molecule has 1 amide bonds. The van der Waals surface area contributed by atoms with E-state index >= 15 is 0 Å². The predicted molar refractivity (Wildman–Crippen MR) is 49.1 cm³/mol. The first-order valence-electron chi connectivity index (χ1n) is 4.38. The highest BCUT2D eigenvalue weighted by Crippen LogP contribution is 2.00. The lowest BCUT2D eigenvalue weighted by Gasteiger charge is -2.14. The maximum atomic E-state index is 11.2. The van der Waals surface area contributed by atoms with Crippen LogP contribution in [-0.4, -0.2) is 28.9 Å². The molecule has 0 aromatic rings. The first kappa shape index (κ1) is 12.1. The summed E-state index contributed by atoms with van der Waals surface area (Å²) in [7, 11) is 0. The normalized spacial score (nSPS) is 13.2. The Kier molecular flexibility index (Phi) is 4.62. The molecule has 0 radical (unpaired) electrons. The minimum Gasteiger partial charge on any atom is -0.376 e. The van der Waals surface area contributed by atoms with Crippen molar-refractivity contribution in [2.75, 3.05) is 0 Å². The second-order valence-electron chi connectivity index (χ2n) is 3.62. The molecule has 0 rings (SSSR count). The van der Waals surface area contributed by atoms with Gasteiger partial charge in [0.2, 0.25) is 0 Å². The minimum absolute atomic E-state index is 0.0675. The van der Waals surface area contributed by atoms with Crippen LogP contribution >= 0.6 is 0 Å². The number of hydrogen-bond acceptors (Lipinski definition) is 3. The lowest BCUT2D eigenvalue weighted by Crippen LogP contribution is -2.44. The van der Waals surface area contributed by atoms with Crippen molar-refractivity contribution >= 4 is 11.7 Å². The molecule has 0 aliphatic carbocycles. The topological polar surface area (TPSA) is 66.4 Å². The first-order valence-corrected chi connectivity index (χ1v) is 4.38. The number of aliphatic hydroxyl groups is 1. The van der Waals surface area contributed by atoms with Gasteiger partial charge in [-0.3, -0.25) is 9.59 Å². The SMILES string of the molecule is CC(C)NC(=O)C(O)C(=O)C(C)C. The maximum absolute atomic E-state index is 11.2. The molecule has 0 aliphatic heterocycles. The Morgan fingerprint density at radius 2 is 1.62 bits per heavy atom. The highest BCUT2D eigenvalue weighted by Gasteiger charge is 2.25. The van der Waals surface area contributed by atoms with Crippen molar-refractivity contribution in [3.05, 3.63) is 0 Å². The number of Topliss-reactive ketones (excluding diaryl/α,β-unsaturated/α-hetero) is 1. The second kappa shape index (κ2) is 4.97. The third kappa shape index (κ3) is 4.03. The Morgan fingerprint density at radius 3 is 1.92 bits per heavy atom. The van der Waals surface area contributed by atoms with Crippen molar-refractivity contribution in [3.63, 3.8) is 0 Å². The van der Waals surface area contributed by atoms with Crippen LogP contribution in [0.4, 0.5) is 0 Å². The fourth-order valence-electron chi connectivity index (χ4n) is 0.808. The zero-order valence-corrected chi connectivity index (χ0v) is 8.50. The number of rotatable bonds is 4. The van der Waals surface area contributed by atoms with Crippen LogP contribution in [0.2, 0.25) is 0 Å². The van der Waals surface area contributed by atoms with Crippen molar-refractivity contribution in [1.82, 2.24) is 5.32 Å². The summed E-state index contributed by atoms with van der Waals surface area (Å²) in [4.78, 5) is 22.3. The van der Waals surface area contributed by atoms with E-state index in [1.54, 1.807) is 27.7 Å². The molecule has 0 aliphatic rings. The van der Waals surface area contributed by atoms with E-state index in [1.165, 1.54) is 0 Å². The molecule has 1 unspecified atom stereocenters. The fourth-order valence-corrected chi connectivity index (χ4v) is 0.808. The third-order valence-electron chi connectivity index (χ3n) is 1.52. The summed E-state index contributed by atoms with van der Waals surface area (Å²) < 4.78 is 0. The van der Waals surface area contributed by atoms with Gasteiger partial charge in [-0.15, -0.1) is 0 Å². The van der Waals surface area contributed by atoms with Crippen molar-refractivity contribution in [2.45, 2.75) is 39.8 Å². The Bertz CT molecular complexity index is 199. The van der Waals surface area contributed by atoms with Crippen LogP contribution in [0, 0.1) is 5.92 Å². The summed E-state index contributed by atoms with van der Waals surface area (Å²) in [5, 5.41) is 11.7. The van der Waals surface area contributed by atoms with Crippen LogP contribution in [0.3, 0.4) is 0 Å². The van der Waals surface area contributed by atoms with Gasteiger partial charge in [0.05, 0.1) is 0 Å². The molecule has 0 fully saturated rings. The molecule has 0 aromatic heterocycles. The molecule has 0 bridgehead atoms. The molecule has 0 saturated heterocycles. The molecule has 0 aromatic carbocycles. The number of aliphatic hydroxyl groups excluding tert-OH is 1. The fraction of sp³-hybridized carbons (Fsp3) is 0.778. The van der Waals surface area contributed by atoms with E-state index in [-0.39, 0.29) is 12.0 Å². The Morgan fingerprint density at radius 1 is 1.15 bits per heavy atom. The van der Waals surface area contributed by atoms with Crippen molar-refractivity contribution in [3.8, 4) is 0 Å². The van der Waals surface area contributed by atoms with Gasteiger partial charge in [-0.25, -0.2) is 0 Å². The van der Waals surface area contributed by atoms with E-state index in [1.807, 2.05) is 0 Å². The largest absolute Gasteiger partial charge is 0.376 e. The van der Waals surface area contributed by atoms with Crippen LogP contribution in [0.15, 0.2) is 0 Å². The van der Waals surface area contributed by atoms with Crippen LogP contribution in [-0.2, 0) is 9.59 Å². The molecule has 0 spiro atoms. The van der Waals surface area contributed by atoms with Crippen LogP contribution < -0.4 is 5.32 Å². The number of carbonyl (C=O) groups excluding carboxylic acids is 2. The van der Waals surface area contributed by atoms with Gasteiger partial charge in [-0.1, -0.05) is 13.8 Å². The van der Waals surface area contributed by atoms with Gasteiger partial charge < -0.3 is 10.4 Å². The van der Waals surface area contributed by atoms with Crippen LogP contribution in [0.1, 0.15) is 27.7 Å². The molecule has 0 heterocycles. The Balaban J connectivity index is 4.18. The lowest BCUT2D eigenvalue weighted by molar-refractivity contribution is -0.141. The number of nitrogens with one attached hydrogen (secondary N) is 1. The third-order valence-corrected chi connectivity index (χ3v) is 1.52. The Hall–Kier alpha value is -0.900. The predicted octanol–water partition coefficient (Wildman–Crippen LogP) is 0.0970. The zero-order chi connectivity index (χ0) is 10.6. The van der Waals surface area contributed by atoms with E-state index in [0.717, 1.165) is 0 Å². The van der Waals surface area contributed by atoms with E-state index in [2.05, 4.69) is 5.32 Å². The lowest BCUT2D eigenvalue weighted by atomic mass is 10.0. The minimum atomic E-state index is -1.53. The first-order chi connectivity index (χ1) is 5.86. The summed E-state index contributed by atoms with van der Waals surface area (Å²) in [5.41, 5.74) is 0. The quantitative estimate of drug-likeness (QED) is 0.613. The van der Waals surface area contributed by atoms with Crippen LogP contribution in [0.25, 0.3) is 0 Å². The summed E-state index contributed by atoms with van der Waals surface area (Å²) in [6.45, 7) is 6.83. The number of carbonyl (C=O) groups is 2. The molecule has 2 N–H and O–H groups in total. The van der Waals surface area contributed by atoms with Crippen molar-refractivity contribution in [2.24, 2.45) is 5.92 Å². The zero-order valence-electron chi connectivity index (χ0n) is 8.50. The Labute approximate surface area is 78.3 Å². The number of hydrogen-bond donors (Lipinski definition) is 2. The van der Waals surface area contributed by atoms with E-state index in [0.29, 0.717) is 0 Å². The summed E-state index contributed by atoms with van der Waals surface area (Å²) >= 11 is 0. The van der Waals surface area contributed by atoms with E-state index in [4.69, 9.17) is 0 Å². The molecule has 4 nitrogen and oxygen atoms in total. The smallest absolute Gasteiger partial charge is 0.256 e. The van der Waals surface area contributed by atoms with Gasteiger partial charge in [-0.05, 0) is 13.8 Å². The van der Waals surface area contributed by atoms with Crippen molar-refractivity contribution in [1.29, 1.82) is 0 Å². The monoisotopic (exact) mass is 187 g/mol. The highest BCUT2D eigenvalue weighted by atomic mass is 16.3. The van der Waals surface area contributed by atoms with Crippen molar-refractivity contribution < 1.29 is 14.7 Å². The molecule has 13 heavy (non-hydrogen) atoms. The van der Waals surface area contributed by atoms with Gasteiger partial charge >= 0.3 is 0 Å². The molecule has 4 heteroatoms. The highest BCUT2D eigenvalue weighted by molar-refractivity contribution is 6.04. The molecular weight excluding hydrogens is 170 g/mol. The second-order valence-corrected chi connectivity index (χ2v) is 3.62. The van der Waals surface area contributed by atoms with Gasteiger partial charge in [-0.2, -0.15) is 0 Å². The molecule has 1 atom stereocenters. The standard InChI is InChI=1S/C9H17NO3/c1-5(2)7(11)8(12)9(13)10-6(3)4/h5-6,8,12H,1-4H3,(H,10,13). The van der Waals surface area contributed by atoms with Gasteiger partial charge in [0.15, 0.2) is 11.9 Å². The van der Waals surface area contributed by atoms with Gasteiger partial charge in [0, 0.05) is 12.0 Å². The van der Waals surface area contributed by atoms with Gasteiger partial charge in [0.1, 0.15) is 0 Å². The van der Waals surface area contributed by atoms with Crippen LogP contribution in [0.5, 0.6) is 0 Å². The molecular formula is C9H17NO3. The summed E-state index contributed by atoms with van der Waals surface area (Å²) in [6, 6.07) is -0.0675. The summed E-state index contributed by atoms with van der Waals surface area (Å²) in [6.07, 6.45) is -1.53. The van der Waals surface area contributed by atoms with Gasteiger partial charge in [0.25, 0.3) is 5.91 Å². The number of amides is 1. The number of ketones is 1. The average Bonchev–Trinajstić information content (AvgIpc) is 2.00. The van der Waals surface area contributed by atoms with E-state index < -0.39 is 17.8 Å². The molecule has 76 valence electrons. The maximum Gasteiger partial charge on any atom is 0.256 e. The average molecular weight is 187 g/mol. The summed E-state index contributed by atoms with van der Waals surface area (Å²) in [5.74, 6) is -1.39. The molecule has 0 saturated carbocycles.